The third kappa shape index (κ3) is 4.23. The molecule has 110 valence electrons. The van der Waals surface area contributed by atoms with Crippen LogP contribution in [0, 0.1) is 11.8 Å². The largest absolute Gasteiger partial charge is 0.508 e. The lowest BCUT2D eigenvalue weighted by atomic mass is 9.84. The maximum Gasteiger partial charge on any atom is 0.303 e. The molecule has 1 aromatic carbocycles. The zero-order valence-corrected chi connectivity index (χ0v) is 12.0. The maximum absolute atomic E-state index is 10.8. The first-order valence-corrected chi connectivity index (χ1v) is 7.26. The number of benzene rings is 1. The summed E-state index contributed by atoms with van der Waals surface area (Å²) in [5.41, 5.74) is 1.19. The number of carboxylic acid groups (broad SMARTS) is 1. The molecule has 0 amide bonds. The van der Waals surface area contributed by atoms with Crippen LogP contribution in [0.5, 0.6) is 5.75 Å². The molecule has 4 nitrogen and oxygen atoms in total. The molecule has 0 aliphatic carbocycles. The highest BCUT2D eigenvalue weighted by Crippen LogP contribution is 2.27. The van der Waals surface area contributed by atoms with Crippen LogP contribution in [0.3, 0.4) is 0 Å². The first-order valence-electron chi connectivity index (χ1n) is 7.26. The average molecular weight is 277 g/mol. The summed E-state index contributed by atoms with van der Waals surface area (Å²) < 4.78 is 0. The third-order valence-corrected chi connectivity index (χ3v) is 4.19. The van der Waals surface area contributed by atoms with Crippen molar-refractivity contribution in [1.82, 2.24) is 4.90 Å². The van der Waals surface area contributed by atoms with Gasteiger partial charge in [0.2, 0.25) is 0 Å². The van der Waals surface area contributed by atoms with Crippen molar-refractivity contribution in [3.8, 4) is 5.75 Å². The lowest BCUT2D eigenvalue weighted by Crippen LogP contribution is -2.37. The van der Waals surface area contributed by atoms with Crippen LogP contribution < -0.4 is 0 Å². The van der Waals surface area contributed by atoms with Crippen LogP contribution in [0.2, 0.25) is 0 Å². The fourth-order valence-corrected chi connectivity index (χ4v) is 3.00. The van der Waals surface area contributed by atoms with E-state index in [1.165, 1.54) is 5.56 Å². The number of hydrogen-bond donors (Lipinski definition) is 2. The molecule has 2 unspecified atom stereocenters. The normalized spacial score (nSPS) is 21.6. The molecule has 20 heavy (non-hydrogen) atoms. The summed E-state index contributed by atoms with van der Waals surface area (Å²) in [6, 6.07) is 7.31. The molecular weight excluding hydrogens is 254 g/mol. The van der Waals surface area contributed by atoms with Gasteiger partial charge in [0.25, 0.3) is 0 Å². The minimum Gasteiger partial charge on any atom is -0.508 e. The Labute approximate surface area is 120 Å². The number of phenols is 1. The molecule has 1 aliphatic heterocycles. The van der Waals surface area contributed by atoms with Crippen molar-refractivity contribution in [2.45, 2.75) is 32.7 Å². The minimum absolute atomic E-state index is 0.232. The van der Waals surface area contributed by atoms with E-state index in [4.69, 9.17) is 5.11 Å². The number of aromatic hydroxyl groups is 1. The molecule has 0 aromatic heterocycles. The van der Waals surface area contributed by atoms with Gasteiger partial charge in [-0.3, -0.25) is 9.69 Å². The molecular formula is C16H23NO3. The molecule has 1 heterocycles. The molecule has 1 saturated heterocycles. The Morgan fingerprint density at radius 3 is 2.75 bits per heavy atom. The quantitative estimate of drug-likeness (QED) is 0.868. The summed E-state index contributed by atoms with van der Waals surface area (Å²) in [6.07, 6.45) is 2.52. The summed E-state index contributed by atoms with van der Waals surface area (Å²) in [5, 5.41) is 18.2. The van der Waals surface area contributed by atoms with Gasteiger partial charge in [-0.05, 0) is 48.9 Å². The Bertz CT molecular complexity index is 444. The smallest absolute Gasteiger partial charge is 0.303 e. The fraction of sp³-hybridized carbons (Fsp3) is 0.562. The lowest BCUT2D eigenvalue weighted by Gasteiger charge is -2.35. The first kappa shape index (κ1) is 14.9. The number of aliphatic carboxylic acids is 1. The highest BCUT2D eigenvalue weighted by atomic mass is 16.4. The van der Waals surface area contributed by atoms with Crippen molar-refractivity contribution in [2.24, 2.45) is 11.8 Å². The van der Waals surface area contributed by atoms with Crippen molar-refractivity contribution < 1.29 is 15.0 Å². The van der Waals surface area contributed by atoms with E-state index in [9.17, 15) is 9.90 Å². The second-order valence-electron chi connectivity index (χ2n) is 5.88. The number of phenolic OH excluding ortho intramolecular Hbond substituents is 1. The van der Waals surface area contributed by atoms with Gasteiger partial charge in [0.1, 0.15) is 5.75 Å². The van der Waals surface area contributed by atoms with Crippen molar-refractivity contribution in [1.29, 1.82) is 0 Å². The maximum atomic E-state index is 10.8. The SMILES string of the molecule is CC(CC(=O)O)C1CCCN(Cc2ccc(O)cc2)C1. The first-order chi connectivity index (χ1) is 9.54. The number of carbonyl (C=O) groups is 1. The summed E-state index contributed by atoms with van der Waals surface area (Å²) in [4.78, 5) is 13.2. The standard InChI is InChI=1S/C16H23NO3/c1-12(9-16(19)20)14-3-2-8-17(11-14)10-13-4-6-15(18)7-5-13/h4-7,12,14,18H,2-3,8-11H2,1H3,(H,19,20). The molecule has 2 rings (SSSR count). The molecule has 0 bridgehead atoms. The Morgan fingerprint density at radius 1 is 1.40 bits per heavy atom. The zero-order valence-electron chi connectivity index (χ0n) is 12.0. The summed E-state index contributed by atoms with van der Waals surface area (Å²) in [5.74, 6) is 0.292. The number of piperidine rings is 1. The van der Waals surface area contributed by atoms with E-state index in [1.807, 2.05) is 19.1 Å². The molecule has 1 fully saturated rings. The van der Waals surface area contributed by atoms with E-state index in [-0.39, 0.29) is 12.3 Å². The highest BCUT2D eigenvalue weighted by molar-refractivity contribution is 5.67. The molecule has 2 N–H and O–H groups in total. The number of rotatable bonds is 5. The van der Waals surface area contributed by atoms with Crippen LogP contribution in [0.1, 0.15) is 31.7 Å². The van der Waals surface area contributed by atoms with E-state index in [1.54, 1.807) is 12.1 Å². The lowest BCUT2D eigenvalue weighted by molar-refractivity contribution is -0.138. The van der Waals surface area contributed by atoms with Gasteiger partial charge >= 0.3 is 5.97 Å². The number of likely N-dealkylation sites (tertiary alicyclic amines) is 1. The minimum atomic E-state index is -0.701. The van der Waals surface area contributed by atoms with Gasteiger partial charge in [0, 0.05) is 19.5 Å². The third-order valence-electron chi connectivity index (χ3n) is 4.19. The highest BCUT2D eigenvalue weighted by Gasteiger charge is 2.25. The number of nitrogens with zero attached hydrogens (tertiary/aromatic N) is 1. The van der Waals surface area contributed by atoms with Crippen LogP contribution in [0.15, 0.2) is 24.3 Å². The van der Waals surface area contributed by atoms with Crippen LogP contribution in [0.4, 0.5) is 0 Å². The van der Waals surface area contributed by atoms with Crippen molar-refractivity contribution in [3.63, 3.8) is 0 Å². The van der Waals surface area contributed by atoms with Crippen LogP contribution in [-0.4, -0.2) is 34.2 Å². The monoisotopic (exact) mass is 277 g/mol. The van der Waals surface area contributed by atoms with Crippen LogP contribution in [0.25, 0.3) is 0 Å². The predicted molar refractivity (Wildman–Crippen MR) is 77.5 cm³/mol. The summed E-state index contributed by atoms with van der Waals surface area (Å²) >= 11 is 0. The van der Waals surface area contributed by atoms with Gasteiger partial charge in [-0.25, -0.2) is 0 Å². The summed E-state index contributed by atoms with van der Waals surface area (Å²) in [7, 11) is 0. The second kappa shape index (κ2) is 6.75. The Kier molecular flexibility index (Phi) is 5.01. The molecule has 1 aliphatic rings. The van der Waals surface area contributed by atoms with E-state index < -0.39 is 5.97 Å². The Balaban J connectivity index is 1.89. The molecule has 0 radical (unpaired) electrons. The van der Waals surface area contributed by atoms with Gasteiger partial charge in [0.05, 0.1) is 0 Å². The van der Waals surface area contributed by atoms with E-state index in [2.05, 4.69) is 4.90 Å². The van der Waals surface area contributed by atoms with Crippen LogP contribution in [-0.2, 0) is 11.3 Å². The molecule has 0 saturated carbocycles. The molecule has 0 spiro atoms. The zero-order chi connectivity index (χ0) is 14.5. The van der Waals surface area contributed by atoms with Gasteiger partial charge in [-0.1, -0.05) is 19.1 Å². The number of hydrogen-bond acceptors (Lipinski definition) is 3. The molecule has 2 atom stereocenters. The number of carboxylic acids is 1. The predicted octanol–water partition coefficient (Wildman–Crippen LogP) is 2.72. The molecule has 4 heteroatoms. The van der Waals surface area contributed by atoms with E-state index in [0.717, 1.165) is 32.5 Å². The second-order valence-corrected chi connectivity index (χ2v) is 5.88. The van der Waals surface area contributed by atoms with Crippen molar-refractivity contribution >= 4 is 5.97 Å². The summed E-state index contributed by atoms with van der Waals surface area (Å²) in [6.45, 7) is 4.95. The van der Waals surface area contributed by atoms with Gasteiger partial charge in [-0.15, -0.1) is 0 Å². The van der Waals surface area contributed by atoms with Crippen molar-refractivity contribution in [3.05, 3.63) is 29.8 Å². The Hall–Kier alpha value is -1.55. The van der Waals surface area contributed by atoms with Crippen molar-refractivity contribution in [2.75, 3.05) is 13.1 Å². The van der Waals surface area contributed by atoms with E-state index >= 15 is 0 Å². The van der Waals surface area contributed by atoms with Gasteiger partial charge in [0.15, 0.2) is 0 Å². The van der Waals surface area contributed by atoms with Crippen LogP contribution >= 0.6 is 0 Å². The average Bonchev–Trinajstić information content (AvgIpc) is 2.41. The van der Waals surface area contributed by atoms with Gasteiger partial charge in [-0.2, -0.15) is 0 Å². The molecule has 1 aromatic rings. The Morgan fingerprint density at radius 2 is 2.10 bits per heavy atom. The fourth-order valence-electron chi connectivity index (χ4n) is 3.00. The van der Waals surface area contributed by atoms with Gasteiger partial charge < -0.3 is 10.2 Å². The topological polar surface area (TPSA) is 60.8 Å². The van der Waals surface area contributed by atoms with E-state index in [0.29, 0.717) is 11.7 Å².